The van der Waals surface area contributed by atoms with Gasteiger partial charge < -0.3 is 4.74 Å². The Hall–Kier alpha value is -3.56. The lowest BCUT2D eigenvalue weighted by Crippen LogP contribution is -2.03. The highest BCUT2D eigenvalue weighted by Gasteiger charge is 2.21. The molecule has 0 N–H and O–H groups in total. The Morgan fingerprint density at radius 3 is 2.72 bits per heavy atom. The topological polar surface area (TPSA) is 79.2 Å². The molecule has 0 bridgehead atoms. The molecule has 4 heterocycles. The molecule has 10 heteroatoms. The minimum atomic E-state index is -2.72. The summed E-state index contributed by atoms with van der Waals surface area (Å²) in [5, 5.41) is 12.5. The van der Waals surface area contributed by atoms with E-state index in [4.69, 9.17) is 4.74 Å². The second-order valence-corrected chi connectivity index (χ2v) is 6.44. The Morgan fingerprint density at radius 2 is 2.03 bits per heavy atom. The molecule has 4 rings (SSSR count). The number of esters is 1. The van der Waals surface area contributed by atoms with Crippen molar-refractivity contribution in [2.45, 2.75) is 27.3 Å². The summed E-state index contributed by atoms with van der Waals surface area (Å²) >= 11 is 0. The molecule has 4 aromatic heterocycles. The van der Waals surface area contributed by atoms with Crippen LogP contribution >= 0.6 is 0 Å². The van der Waals surface area contributed by atoms with E-state index in [1.165, 1.54) is 6.20 Å². The Balaban J connectivity index is 1.80. The number of pyridine rings is 1. The number of hydrogen-bond donors (Lipinski definition) is 0. The van der Waals surface area contributed by atoms with E-state index in [0.29, 0.717) is 44.0 Å². The lowest BCUT2D eigenvalue weighted by Gasteiger charge is -2.05. The molecule has 0 saturated carbocycles. The number of carbonyl (C=O) groups is 1. The second-order valence-electron chi connectivity index (χ2n) is 6.44. The Morgan fingerprint density at radius 1 is 1.24 bits per heavy atom. The van der Waals surface area contributed by atoms with Crippen LogP contribution in [0.3, 0.4) is 0 Å². The first-order chi connectivity index (χ1) is 13.9. The molecule has 0 fully saturated rings. The van der Waals surface area contributed by atoms with Gasteiger partial charge in [0.15, 0.2) is 0 Å². The molecule has 0 radical (unpaired) electrons. The van der Waals surface area contributed by atoms with Crippen LogP contribution in [0.1, 0.15) is 35.2 Å². The van der Waals surface area contributed by atoms with Crippen LogP contribution in [0.4, 0.5) is 8.78 Å². The molecule has 0 unspecified atom stereocenters. The highest BCUT2D eigenvalue weighted by atomic mass is 19.3. The van der Waals surface area contributed by atoms with Crippen LogP contribution < -0.4 is 0 Å². The van der Waals surface area contributed by atoms with Gasteiger partial charge in [0.2, 0.25) is 0 Å². The lowest BCUT2D eigenvalue weighted by molar-refractivity contribution is 0.0524. The number of carbonyl (C=O) groups excluding carboxylic acids is 1. The standard InChI is InChI=1S/C19H18F2N6O2/c1-4-29-18(28)13-8-22-26(10-13)14-5-6-25-16(7-14)15(9-23-25)17-11(2)24-27(12(17)3)19(20)21/h5-10,19H,4H2,1-3H3. The highest BCUT2D eigenvalue weighted by Crippen LogP contribution is 2.32. The molecule has 150 valence electrons. The third kappa shape index (κ3) is 3.16. The van der Waals surface area contributed by atoms with Crippen molar-refractivity contribution in [3.8, 4) is 16.8 Å². The van der Waals surface area contributed by atoms with Crippen molar-refractivity contribution in [3.63, 3.8) is 0 Å². The van der Waals surface area contributed by atoms with Crippen molar-refractivity contribution in [2.24, 2.45) is 0 Å². The molecular weight excluding hydrogens is 382 g/mol. The largest absolute Gasteiger partial charge is 0.462 e. The van der Waals surface area contributed by atoms with Gasteiger partial charge in [0.1, 0.15) is 0 Å². The van der Waals surface area contributed by atoms with Gasteiger partial charge in [-0.1, -0.05) is 0 Å². The van der Waals surface area contributed by atoms with Crippen LogP contribution in [-0.4, -0.2) is 41.8 Å². The lowest BCUT2D eigenvalue weighted by atomic mass is 10.1. The smallest absolute Gasteiger partial charge is 0.341 e. The predicted octanol–water partition coefficient (Wildman–Crippen LogP) is 3.57. The van der Waals surface area contributed by atoms with E-state index in [-0.39, 0.29) is 6.61 Å². The minimum absolute atomic E-state index is 0.278. The number of ether oxygens (including phenoxy) is 1. The maximum atomic E-state index is 13.2. The first-order valence-electron chi connectivity index (χ1n) is 8.94. The van der Waals surface area contributed by atoms with Crippen LogP contribution in [0.2, 0.25) is 0 Å². The van der Waals surface area contributed by atoms with Crippen LogP contribution in [0.15, 0.2) is 36.9 Å². The summed E-state index contributed by atoms with van der Waals surface area (Å²) < 4.78 is 35.3. The zero-order chi connectivity index (χ0) is 20.7. The van der Waals surface area contributed by atoms with E-state index in [0.717, 1.165) is 0 Å². The normalized spacial score (nSPS) is 11.5. The van der Waals surface area contributed by atoms with E-state index >= 15 is 0 Å². The van der Waals surface area contributed by atoms with Crippen molar-refractivity contribution in [1.29, 1.82) is 0 Å². The van der Waals surface area contributed by atoms with Gasteiger partial charge in [-0.15, -0.1) is 0 Å². The van der Waals surface area contributed by atoms with Crippen molar-refractivity contribution < 1.29 is 18.3 Å². The summed E-state index contributed by atoms with van der Waals surface area (Å²) in [6.45, 7) is 2.59. The number of hydrogen-bond acceptors (Lipinski definition) is 5. The number of rotatable bonds is 5. The number of aromatic nitrogens is 6. The molecule has 29 heavy (non-hydrogen) atoms. The van der Waals surface area contributed by atoms with Crippen molar-refractivity contribution in [1.82, 2.24) is 29.2 Å². The predicted molar refractivity (Wildman–Crippen MR) is 100 cm³/mol. The summed E-state index contributed by atoms with van der Waals surface area (Å²) in [6, 6.07) is 3.61. The first-order valence-corrected chi connectivity index (χ1v) is 8.94. The fraction of sp³-hybridized carbons (Fsp3) is 0.263. The monoisotopic (exact) mass is 400 g/mol. The average Bonchev–Trinajstić information content (AvgIpc) is 3.39. The van der Waals surface area contributed by atoms with Crippen LogP contribution in [-0.2, 0) is 4.74 Å². The quantitative estimate of drug-likeness (QED) is 0.479. The van der Waals surface area contributed by atoms with Gasteiger partial charge in [-0.25, -0.2) is 18.7 Å². The summed E-state index contributed by atoms with van der Waals surface area (Å²) in [6.07, 6.45) is 6.37. The summed E-state index contributed by atoms with van der Waals surface area (Å²) in [7, 11) is 0. The van der Waals surface area contributed by atoms with Gasteiger partial charge in [-0.2, -0.15) is 24.1 Å². The fourth-order valence-corrected chi connectivity index (χ4v) is 3.33. The number of aryl methyl sites for hydroxylation is 1. The minimum Gasteiger partial charge on any atom is -0.462 e. The van der Waals surface area contributed by atoms with Crippen molar-refractivity contribution in [3.05, 3.63) is 53.9 Å². The zero-order valence-corrected chi connectivity index (χ0v) is 16.0. The van der Waals surface area contributed by atoms with E-state index in [9.17, 15) is 13.6 Å². The Labute approximate surface area is 164 Å². The average molecular weight is 400 g/mol. The van der Waals surface area contributed by atoms with Crippen molar-refractivity contribution in [2.75, 3.05) is 6.61 Å². The number of nitrogens with zero attached hydrogens (tertiary/aromatic N) is 6. The molecular formula is C19H18F2N6O2. The molecule has 0 aromatic carbocycles. The molecule has 0 aliphatic heterocycles. The van der Waals surface area contributed by atoms with Gasteiger partial charge in [0.05, 0.1) is 41.5 Å². The van der Waals surface area contributed by atoms with Gasteiger partial charge >= 0.3 is 12.5 Å². The van der Waals surface area contributed by atoms with E-state index in [1.807, 2.05) is 6.07 Å². The fourth-order valence-electron chi connectivity index (χ4n) is 3.33. The van der Waals surface area contributed by atoms with E-state index < -0.39 is 12.5 Å². The van der Waals surface area contributed by atoms with Crippen molar-refractivity contribution >= 4 is 11.5 Å². The number of alkyl halides is 2. The first kappa shape index (κ1) is 18.8. The highest BCUT2D eigenvalue weighted by molar-refractivity contribution is 5.89. The summed E-state index contributed by atoms with van der Waals surface area (Å²) in [5.41, 5.74) is 3.89. The Bertz CT molecular complexity index is 1210. The molecule has 0 spiro atoms. The third-order valence-electron chi connectivity index (χ3n) is 4.64. The van der Waals surface area contributed by atoms with E-state index in [1.54, 1.807) is 54.6 Å². The second kappa shape index (κ2) is 7.12. The van der Waals surface area contributed by atoms with Crippen LogP contribution in [0.25, 0.3) is 22.3 Å². The molecule has 8 nitrogen and oxygen atoms in total. The van der Waals surface area contributed by atoms with E-state index in [2.05, 4.69) is 15.3 Å². The van der Waals surface area contributed by atoms with Gasteiger partial charge in [0, 0.05) is 29.2 Å². The SMILES string of the molecule is CCOC(=O)c1cnn(-c2ccn3ncc(-c4c(C)nn(C(F)F)c4C)c3c2)c1. The zero-order valence-electron chi connectivity index (χ0n) is 16.0. The molecule has 0 amide bonds. The maximum absolute atomic E-state index is 13.2. The van der Waals surface area contributed by atoms with Crippen LogP contribution in [0, 0.1) is 13.8 Å². The Kier molecular flexibility index (Phi) is 4.61. The van der Waals surface area contributed by atoms with Gasteiger partial charge in [-0.05, 0) is 32.9 Å². The molecule has 0 saturated heterocycles. The molecule has 0 aliphatic carbocycles. The molecule has 0 aliphatic rings. The summed E-state index contributed by atoms with van der Waals surface area (Å²) in [4.78, 5) is 11.9. The maximum Gasteiger partial charge on any atom is 0.341 e. The number of fused-ring (bicyclic) bond motifs is 1. The third-order valence-corrected chi connectivity index (χ3v) is 4.64. The molecule has 4 aromatic rings. The van der Waals surface area contributed by atoms with Gasteiger partial charge in [-0.3, -0.25) is 0 Å². The van der Waals surface area contributed by atoms with Gasteiger partial charge in [0.25, 0.3) is 0 Å². The molecule has 0 atom stereocenters. The number of halogens is 2. The summed E-state index contributed by atoms with van der Waals surface area (Å²) in [5.74, 6) is -0.449. The van der Waals surface area contributed by atoms with Crippen LogP contribution in [0.5, 0.6) is 0 Å².